The predicted octanol–water partition coefficient (Wildman–Crippen LogP) is 3.10. The third-order valence-corrected chi connectivity index (χ3v) is 3.13. The topological polar surface area (TPSA) is 46.0 Å². The summed E-state index contributed by atoms with van der Waals surface area (Å²) in [6.07, 6.45) is 4.97. The number of nitrogens with zero attached hydrogens (tertiary/aromatic N) is 2. The van der Waals surface area contributed by atoms with Gasteiger partial charge in [0.15, 0.2) is 0 Å². The van der Waals surface area contributed by atoms with Crippen LogP contribution in [0.25, 0.3) is 11.0 Å². The monoisotopic (exact) mass is 230 g/mol. The smallest absolute Gasteiger partial charge is 0.0944 e. The molecule has 90 valence electrons. The summed E-state index contributed by atoms with van der Waals surface area (Å²) in [5.74, 6) is 0.243. The molecule has 2 aromatic rings. The van der Waals surface area contributed by atoms with Crippen LogP contribution in [0.1, 0.15) is 38.4 Å². The van der Waals surface area contributed by atoms with E-state index < -0.39 is 6.10 Å². The minimum atomic E-state index is -0.463. The molecule has 17 heavy (non-hydrogen) atoms. The second-order valence-corrected chi connectivity index (χ2v) is 4.48. The van der Waals surface area contributed by atoms with Crippen molar-refractivity contribution in [2.75, 3.05) is 0 Å². The van der Waals surface area contributed by atoms with Crippen LogP contribution in [0.5, 0.6) is 0 Å². The fraction of sp³-hybridized carbons (Fsp3) is 0.429. The molecule has 0 aliphatic heterocycles. The highest BCUT2D eigenvalue weighted by Crippen LogP contribution is 2.29. The Kier molecular flexibility index (Phi) is 3.69. The molecule has 1 aromatic carbocycles. The quantitative estimate of drug-likeness (QED) is 0.877. The molecule has 2 atom stereocenters. The van der Waals surface area contributed by atoms with E-state index in [4.69, 9.17) is 0 Å². The Bertz CT molecular complexity index is 493. The number of aromatic nitrogens is 2. The van der Waals surface area contributed by atoms with Gasteiger partial charge in [-0.15, -0.1) is 0 Å². The Balaban J connectivity index is 2.41. The SMILES string of the molecule is CCCC(C)C(O)c1cccc2nccnc12. The molecule has 1 aromatic heterocycles. The zero-order valence-electron chi connectivity index (χ0n) is 10.3. The van der Waals surface area contributed by atoms with Crippen molar-refractivity contribution in [3.05, 3.63) is 36.2 Å². The number of aliphatic hydroxyl groups excluding tert-OH is 1. The maximum absolute atomic E-state index is 10.4. The van der Waals surface area contributed by atoms with E-state index in [0.29, 0.717) is 0 Å². The fourth-order valence-corrected chi connectivity index (χ4v) is 2.17. The van der Waals surface area contributed by atoms with Gasteiger partial charge in [-0.05, 0) is 18.4 Å². The molecule has 0 saturated carbocycles. The average Bonchev–Trinajstić information content (AvgIpc) is 2.37. The highest BCUT2D eigenvalue weighted by Gasteiger charge is 2.18. The summed E-state index contributed by atoms with van der Waals surface area (Å²) in [6.45, 7) is 4.20. The van der Waals surface area contributed by atoms with Crippen molar-refractivity contribution in [2.24, 2.45) is 5.92 Å². The van der Waals surface area contributed by atoms with Crippen molar-refractivity contribution >= 4 is 11.0 Å². The van der Waals surface area contributed by atoms with Gasteiger partial charge in [0, 0.05) is 18.0 Å². The predicted molar refractivity (Wildman–Crippen MR) is 68.6 cm³/mol. The van der Waals surface area contributed by atoms with Crippen molar-refractivity contribution in [1.82, 2.24) is 9.97 Å². The molecule has 0 amide bonds. The maximum Gasteiger partial charge on any atom is 0.0944 e. The molecule has 0 bridgehead atoms. The number of benzene rings is 1. The second-order valence-electron chi connectivity index (χ2n) is 4.48. The Morgan fingerprint density at radius 2 is 2.00 bits per heavy atom. The van der Waals surface area contributed by atoms with Crippen LogP contribution in [0.2, 0.25) is 0 Å². The van der Waals surface area contributed by atoms with Gasteiger partial charge >= 0.3 is 0 Å². The van der Waals surface area contributed by atoms with E-state index in [1.165, 1.54) is 0 Å². The van der Waals surface area contributed by atoms with Crippen LogP contribution >= 0.6 is 0 Å². The molecule has 2 unspecified atom stereocenters. The van der Waals surface area contributed by atoms with E-state index in [2.05, 4.69) is 23.8 Å². The van der Waals surface area contributed by atoms with Crippen molar-refractivity contribution in [2.45, 2.75) is 32.8 Å². The molecule has 3 nitrogen and oxygen atoms in total. The maximum atomic E-state index is 10.4. The van der Waals surface area contributed by atoms with Gasteiger partial charge < -0.3 is 5.11 Å². The van der Waals surface area contributed by atoms with Crippen LogP contribution < -0.4 is 0 Å². The molecular formula is C14H18N2O. The third kappa shape index (κ3) is 2.44. The highest BCUT2D eigenvalue weighted by atomic mass is 16.3. The van der Waals surface area contributed by atoms with E-state index in [1.54, 1.807) is 12.4 Å². The van der Waals surface area contributed by atoms with Gasteiger partial charge in [0.2, 0.25) is 0 Å². The van der Waals surface area contributed by atoms with Crippen molar-refractivity contribution in [3.8, 4) is 0 Å². The van der Waals surface area contributed by atoms with Crippen LogP contribution in [-0.4, -0.2) is 15.1 Å². The lowest BCUT2D eigenvalue weighted by Gasteiger charge is -2.19. The van der Waals surface area contributed by atoms with Gasteiger partial charge in [0.1, 0.15) is 0 Å². The van der Waals surface area contributed by atoms with Crippen LogP contribution in [0.4, 0.5) is 0 Å². The molecule has 1 heterocycles. The lowest BCUT2D eigenvalue weighted by atomic mass is 9.93. The van der Waals surface area contributed by atoms with E-state index in [9.17, 15) is 5.11 Å². The van der Waals surface area contributed by atoms with Crippen LogP contribution in [-0.2, 0) is 0 Å². The molecule has 0 fully saturated rings. The molecule has 0 aliphatic rings. The summed E-state index contributed by atoms with van der Waals surface area (Å²) in [7, 11) is 0. The van der Waals surface area contributed by atoms with Crippen molar-refractivity contribution < 1.29 is 5.11 Å². The standard InChI is InChI=1S/C14H18N2O/c1-3-5-10(2)14(17)11-6-4-7-12-13(11)16-9-8-15-12/h4,6-10,14,17H,3,5H2,1-2H3. The van der Waals surface area contributed by atoms with Crippen LogP contribution in [0, 0.1) is 5.92 Å². The molecule has 0 spiro atoms. The van der Waals surface area contributed by atoms with Gasteiger partial charge in [-0.2, -0.15) is 0 Å². The Morgan fingerprint density at radius 3 is 2.76 bits per heavy atom. The number of hydrogen-bond acceptors (Lipinski definition) is 3. The van der Waals surface area contributed by atoms with Crippen LogP contribution in [0.3, 0.4) is 0 Å². The summed E-state index contributed by atoms with van der Waals surface area (Å²) in [6, 6.07) is 5.78. The zero-order valence-corrected chi connectivity index (χ0v) is 10.3. The average molecular weight is 230 g/mol. The lowest BCUT2D eigenvalue weighted by molar-refractivity contribution is 0.113. The summed E-state index contributed by atoms with van der Waals surface area (Å²) >= 11 is 0. The molecule has 0 radical (unpaired) electrons. The first-order valence-corrected chi connectivity index (χ1v) is 6.11. The first-order chi connectivity index (χ1) is 8.24. The largest absolute Gasteiger partial charge is 0.388 e. The van der Waals surface area contributed by atoms with Gasteiger partial charge in [0.25, 0.3) is 0 Å². The molecule has 3 heteroatoms. The Labute approximate surface area is 102 Å². The normalized spacial score (nSPS) is 14.8. The summed E-state index contributed by atoms with van der Waals surface area (Å²) in [4.78, 5) is 8.58. The highest BCUT2D eigenvalue weighted by molar-refractivity contribution is 5.77. The number of fused-ring (bicyclic) bond motifs is 1. The van der Waals surface area contributed by atoms with E-state index in [1.807, 2.05) is 18.2 Å². The molecule has 1 N–H and O–H groups in total. The fourth-order valence-electron chi connectivity index (χ4n) is 2.17. The van der Waals surface area contributed by atoms with Gasteiger partial charge in [0.05, 0.1) is 17.1 Å². The molecule has 0 aliphatic carbocycles. The van der Waals surface area contributed by atoms with Gasteiger partial charge in [-0.3, -0.25) is 9.97 Å². The van der Waals surface area contributed by atoms with Crippen molar-refractivity contribution in [3.63, 3.8) is 0 Å². The number of aliphatic hydroxyl groups is 1. The van der Waals surface area contributed by atoms with Crippen LogP contribution in [0.15, 0.2) is 30.6 Å². The summed E-state index contributed by atoms with van der Waals surface area (Å²) < 4.78 is 0. The van der Waals surface area contributed by atoms with E-state index in [0.717, 1.165) is 29.4 Å². The number of para-hydroxylation sites is 1. The Morgan fingerprint density at radius 1 is 1.24 bits per heavy atom. The zero-order chi connectivity index (χ0) is 12.3. The molecule has 2 rings (SSSR count). The van der Waals surface area contributed by atoms with Crippen molar-refractivity contribution in [1.29, 1.82) is 0 Å². The summed E-state index contributed by atoms with van der Waals surface area (Å²) in [5.41, 5.74) is 2.54. The molecular weight excluding hydrogens is 212 g/mol. The minimum Gasteiger partial charge on any atom is -0.388 e. The lowest BCUT2D eigenvalue weighted by Crippen LogP contribution is -2.10. The minimum absolute atomic E-state index is 0.243. The first-order valence-electron chi connectivity index (χ1n) is 6.11. The number of rotatable bonds is 4. The van der Waals surface area contributed by atoms with Gasteiger partial charge in [-0.25, -0.2) is 0 Å². The third-order valence-electron chi connectivity index (χ3n) is 3.13. The summed E-state index contributed by atoms with van der Waals surface area (Å²) in [5, 5.41) is 10.4. The van der Waals surface area contributed by atoms with E-state index >= 15 is 0 Å². The Hall–Kier alpha value is -1.48. The van der Waals surface area contributed by atoms with E-state index in [-0.39, 0.29) is 5.92 Å². The second kappa shape index (κ2) is 5.23. The number of hydrogen-bond donors (Lipinski definition) is 1. The first kappa shape index (κ1) is 12.0. The molecule has 0 saturated heterocycles. The van der Waals surface area contributed by atoms with Gasteiger partial charge in [-0.1, -0.05) is 32.4 Å².